The van der Waals surface area contributed by atoms with Crippen molar-refractivity contribution in [2.24, 2.45) is 5.73 Å². The minimum atomic E-state index is -4.42. The van der Waals surface area contributed by atoms with Crippen LogP contribution >= 0.6 is 0 Å². The fourth-order valence-corrected chi connectivity index (χ4v) is 2.03. The Kier molecular flexibility index (Phi) is 3.61. The normalized spacial score (nSPS) is 13.5. The van der Waals surface area contributed by atoms with E-state index in [-0.39, 0.29) is 5.56 Å². The maximum atomic E-state index is 13.0. The van der Waals surface area contributed by atoms with Crippen molar-refractivity contribution < 1.29 is 13.2 Å². The summed E-state index contributed by atoms with van der Waals surface area (Å²) in [5.74, 6) is 0.430. The van der Waals surface area contributed by atoms with Gasteiger partial charge in [-0.05, 0) is 18.6 Å². The molecule has 1 aromatic heterocycles. The predicted octanol–water partition coefficient (Wildman–Crippen LogP) is 2.97. The Labute approximate surface area is 108 Å². The van der Waals surface area contributed by atoms with Gasteiger partial charge in [0.2, 0.25) is 0 Å². The van der Waals surface area contributed by atoms with E-state index >= 15 is 0 Å². The van der Waals surface area contributed by atoms with Gasteiger partial charge in [0, 0.05) is 18.9 Å². The highest BCUT2D eigenvalue weighted by Gasteiger charge is 2.35. The minimum absolute atomic E-state index is 0.0379. The number of aromatic nitrogens is 2. The summed E-state index contributed by atoms with van der Waals surface area (Å²) < 4.78 is 40.6. The molecular weight excluding hydrogens is 255 g/mol. The smallest absolute Gasteiger partial charge is 0.334 e. The minimum Gasteiger partial charge on any atom is -0.334 e. The Morgan fingerprint density at radius 3 is 2.63 bits per heavy atom. The molecule has 0 saturated carbocycles. The van der Waals surface area contributed by atoms with Crippen molar-refractivity contribution in [3.8, 4) is 0 Å². The topological polar surface area (TPSA) is 43.8 Å². The van der Waals surface area contributed by atoms with Crippen LogP contribution in [-0.2, 0) is 12.7 Å². The number of halogens is 3. The van der Waals surface area contributed by atoms with E-state index in [0.29, 0.717) is 12.4 Å². The van der Waals surface area contributed by atoms with Crippen LogP contribution in [-0.4, -0.2) is 9.55 Å². The highest BCUT2D eigenvalue weighted by molar-refractivity contribution is 5.35. The lowest BCUT2D eigenvalue weighted by atomic mass is 10.00. The molecule has 0 aliphatic carbocycles. The molecule has 19 heavy (non-hydrogen) atoms. The molecule has 1 unspecified atom stereocenters. The van der Waals surface area contributed by atoms with E-state index in [1.165, 1.54) is 18.3 Å². The van der Waals surface area contributed by atoms with E-state index in [1.54, 1.807) is 16.8 Å². The lowest BCUT2D eigenvalue weighted by Gasteiger charge is -2.18. The quantitative estimate of drug-likeness (QED) is 0.931. The van der Waals surface area contributed by atoms with Gasteiger partial charge in [-0.25, -0.2) is 4.98 Å². The van der Waals surface area contributed by atoms with Gasteiger partial charge in [-0.15, -0.1) is 0 Å². The second-order valence-corrected chi connectivity index (χ2v) is 4.13. The highest BCUT2D eigenvalue weighted by Crippen LogP contribution is 2.35. The molecule has 0 aliphatic heterocycles. The Balaban J connectivity index is 2.48. The lowest BCUT2D eigenvalue weighted by Crippen LogP contribution is -2.21. The van der Waals surface area contributed by atoms with Crippen molar-refractivity contribution in [2.45, 2.75) is 25.7 Å². The van der Waals surface area contributed by atoms with Gasteiger partial charge >= 0.3 is 6.18 Å². The fraction of sp³-hybridized carbons (Fsp3) is 0.308. The Morgan fingerprint density at radius 1 is 1.32 bits per heavy atom. The number of hydrogen-bond acceptors (Lipinski definition) is 2. The average Bonchev–Trinajstić information content (AvgIpc) is 2.85. The molecule has 6 heteroatoms. The monoisotopic (exact) mass is 269 g/mol. The number of nitrogens with two attached hydrogens (primary N) is 1. The maximum Gasteiger partial charge on any atom is 0.416 e. The molecular formula is C13H14F3N3. The lowest BCUT2D eigenvalue weighted by molar-refractivity contribution is -0.138. The van der Waals surface area contributed by atoms with Crippen LogP contribution in [0, 0.1) is 0 Å². The molecule has 1 heterocycles. The first-order valence-electron chi connectivity index (χ1n) is 5.88. The summed E-state index contributed by atoms with van der Waals surface area (Å²) in [4.78, 5) is 4.06. The summed E-state index contributed by atoms with van der Waals surface area (Å²) in [6, 6.07) is 4.43. The summed E-state index contributed by atoms with van der Waals surface area (Å²) >= 11 is 0. The molecule has 3 nitrogen and oxygen atoms in total. The molecule has 0 saturated heterocycles. The van der Waals surface area contributed by atoms with Crippen LogP contribution < -0.4 is 5.73 Å². The van der Waals surface area contributed by atoms with Crippen molar-refractivity contribution in [3.63, 3.8) is 0 Å². The fourth-order valence-electron chi connectivity index (χ4n) is 2.03. The first-order valence-corrected chi connectivity index (χ1v) is 5.88. The zero-order valence-electron chi connectivity index (χ0n) is 10.4. The molecule has 0 fully saturated rings. The molecule has 1 aromatic carbocycles. The molecule has 2 N–H and O–H groups in total. The van der Waals surface area contributed by atoms with Gasteiger partial charge in [-0.3, -0.25) is 0 Å². The zero-order chi connectivity index (χ0) is 14.0. The first-order chi connectivity index (χ1) is 8.95. The second-order valence-electron chi connectivity index (χ2n) is 4.13. The third kappa shape index (κ3) is 2.63. The molecule has 1 atom stereocenters. The van der Waals surface area contributed by atoms with E-state index in [9.17, 15) is 13.2 Å². The Bertz CT molecular complexity index is 560. The summed E-state index contributed by atoms with van der Waals surface area (Å²) in [5, 5.41) is 0. The van der Waals surface area contributed by atoms with E-state index in [0.717, 1.165) is 6.07 Å². The van der Waals surface area contributed by atoms with Crippen molar-refractivity contribution in [1.29, 1.82) is 0 Å². The van der Waals surface area contributed by atoms with Gasteiger partial charge in [-0.2, -0.15) is 13.2 Å². The van der Waals surface area contributed by atoms with Gasteiger partial charge < -0.3 is 10.3 Å². The number of nitrogens with zero attached hydrogens (tertiary/aromatic N) is 2. The standard InChI is InChI=1S/C13H14F3N3/c1-2-19-8-7-18-12(19)11(17)9-5-3-4-6-10(9)13(14,15)16/h3-8,11H,2,17H2,1H3. The molecule has 2 aromatic rings. The predicted molar refractivity (Wildman–Crippen MR) is 65.4 cm³/mol. The molecule has 0 radical (unpaired) electrons. The Hall–Kier alpha value is -1.82. The number of benzene rings is 1. The van der Waals surface area contributed by atoms with E-state index < -0.39 is 17.8 Å². The van der Waals surface area contributed by atoms with Gasteiger partial charge in [0.25, 0.3) is 0 Å². The van der Waals surface area contributed by atoms with Gasteiger partial charge in [0.15, 0.2) is 0 Å². The summed E-state index contributed by atoms with van der Waals surface area (Å²) in [6.07, 6.45) is -1.18. The largest absolute Gasteiger partial charge is 0.416 e. The number of imidazole rings is 1. The van der Waals surface area contributed by atoms with Crippen LogP contribution in [0.15, 0.2) is 36.7 Å². The summed E-state index contributed by atoms with van der Waals surface area (Å²) in [6.45, 7) is 2.49. The Morgan fingerprint density at radius 2 is 2.00 bits per heavy atom. The SMILES string of the molecule is CCn1ccnc1C(N)c1ccccc1C(F)(F)F. The number of alkyl halides is 3. The van der Waals surface area contributed by atoms with Crippen molar-refractivity contribution in [1.82, 2.24) is 9.55 Å². The van der Waals surface area contributed by atoms with Crippen LogP contribution in [0.5, 0.6) is 0 Å². The number of rotatable bonds is 3. The van der Waals surface area contributed by atoms with Crippen LogP contribution in [0.4, 0.5) is 13.2 Å². The number of hydrogen-bond donors (Lipinski definition) is 1. The second kappa shape index (κ2) is 5.05. The molecule has 0 aliphatic rings. The van der Waals surface area contributed by atoms with Gasteiger partial charge in [0.05, 0.1) is 11.6 Å². The van der Waals surface area contributed by atoms with Crippen LogP contribution in [0.3, 0.4) is 0 Å². The van der Waals surface area contributed by atoms with Crippen molar-refractivity contribution >= 4 is 0 Å². The number of aryl methyl sites for hydroxylation is 1. The highest BCUT2D eigenvalue weighted by atomic mass is 19.4. The zero-order valence-corrected chi connectivity index (χ0v) is 10.4. The molecule has 2 rings (SSSR count). The first kappa shape index (κ1) is 13.6. The third-order valence-corrected chi connectivity index (χ3v) is 2.97. The van der Waals surface area contributed by atoms with Crippen LogP contribution in [0.2, 0.25) is 0 Å². The average molecular weight is 269 g/mol. The maximum absolute atomic E-state index is 13.0. The molecule has 0 bridgehead atoms. The molecule has 0 amide bonds. The summed E-state index contributed by atoms with van der Waals surface area (Å²) in [5.41, 5.74) is 5.27. The molecule has 0 spiro atoms. The van der Waals surface area contributed by atoms with E-state index in [2.05, 4.69) is 4.98 Å². The van der Waals surface area contributed by atoms with E-state index in [1.807, 2.05) is 6.92 Å². The summed E-state index contributed by atoms with van der Waals surface area (Å²) in [7, 11) is 0. The van der Waals surface area contributed by atoms with Crippen molar-refractivity contribution in [3.05, 3.63) is 53.6 Å². The van der Waals surface area contributed by atoms with Gasteiger partial charge in [0.1, 0.15) is 5.82 Å². The van der Waals surface area contributed by atoms with Crippen molar-refractivity contribution in [2.75, 3.05) is 0 Å². The van der Waals surface area contributed by atoms with Crippen LogP contribution in [0.25, 0.3) is 0 Å². The van der Waals surface area contributed by atoms with Crippen LogP contribution in [0.1, 0.15) is 29.9 Å². The van der Waals surface area contributed by atoms with E-state index in [4.69, 9.17) is 5.73 Å². The third-order valence-electron chi connectivity index (χ3n) is 2.97. The molecule has 102 valence electrons. The van der Waals surface area contributed by atoms with Gasteiger partial charge in [-0.1, -0.05) is 18.2 Å².